The molecule has 1 saturated carbocycles. The van der Waals surface area contributed by atoms with Crippen molar-refractivity contribution in [3.63, 3.8) is 0 Å². The molecule has 0 saturated heterocycles. The maximum Gasteiger partial charge on any atom is 0.0774 e. The third kappa shape index (κ3) is 3.84. The minimum Gasteiger partial charge on any atom is -0.389 e. The van der Waals surface area contributed by atoms with Crippen LogP contribution in [0, 0.1) is 0 Å². The van der Waals surface area contributed by atoms with Crippen LogP contribution in [-0.4, -0.2) is 41.6 Å². The lowest BCUT2D eigenvalue weighted by Gasteiger charge is -2.28. The van der Waals surface area contributed by atoms with E-state index in [1.165, 1.54) is 12.8 Å². The number of likely N-dealkylation sites (N-methyl/N-ethyl adjacent to an activating group) is 1. The normalized spacial score (nSPS) is 21.2. The second kappa shape index (κ2) is 5.18. The highest BCUT2D eigenvalue weighted by molar-refractivity contribution is 6.17. The second-order valence-corrected chi connectivity index (χ2v) is 4.59. The molecule has 2 nitrogen and oxygen atoms in total. The lowest BCUT2D eigenvalue weighted by Crippen LogP contribution is -2.39. The zero-order chi connectivity index (χ0) is 9.73. The Bertz CT molecular complexity index is 146. The molecule has 0 bridgehead atoms. The Morgan fingerprint density at radius 2 is 2.00 bits per heavy atom. The molecule has 0 aromatic heterocycles. The van der Waals surface area contributed by atoms with E-state index in [1.807, 2.05) is 0 Å². The van der Waals surface area contributed by atoms with Gasteiger partial charge in [0.25, 0.3) is 0 Å². The molecule has 0 heterocycles. The molecule has 0 unspecified atom stereocenters. The van der Waals surface area contributed by atoms with Crippen molar-refractivity contribution in [2.45, 2.75) is 37.7 Å². The van der Waals surface area contributed by atoms with Gasteiger partial charge in [0.1, 0.15) is 0 Å². The smallest absolute Gasteiger partial charge is 0.0774 e. The van der Waals surface area contributed by atoms with Crippen LogP contribution in [0.2, 0.25) is 0 Å². The lowest BCUT2D eigenvalue weighted by molar-refractivity contribution is 0.0165. The summed E-state index contributed by atoms with van der Waals surface area (Å²) >= 11 is 5.61. The van der Waals surface area contributed by atoms with Crippen LogP contribution in [-0.2, 0) is 0 Å². The van der Waals surface area contributed by atoms with Crippen molar-refractivity contribution in [1.82, 2.24) is 4.90 Å². The molecule has 1 aliphatic carbocycles. The van der Waals surface area contributed by atoms with Crippen molar-refractivity contribution in [1.29, 1.82) is 0 Å². The van der Waals surface area contributed by atoms with Gasteiger partial charge in [-0.15, -0.1) is 11.6 Å². The Labute approximate surface area is 85.9 Å². The number of nitrogens with zero attached hydrogens (tertiary/aromatic N) is 1. The topological polar surface area (TPSA) is 23.5 Å². The minimum atomic E-state index is -0.402. The molecule has 1 rings (SSSR count). The Kier molecular flexibility index (Phi) is 4.50. The van der Waals surface area contributed by atoms with Gasteiger partial charge in [-0.1, -0.05) is 12.8 Å². The predicted octanol–water partition coefficient (Wildman–Crippen LogP) is 1.85. The Morgan fingerprint density at radius 1 is 1.38 bits per heavy atom. The second-order valence-electron chi connectivity index (χ2n) is 4.21. The van der Waals surface area contributed by atoms with Crippen LogP contribution in [0.5, 0.6) is 0 Å². The average molecular weight is 206 g/mol. The van der Waals surface area contributed by atoms with Gasteiger partial charge < -0.3 is 10.0 Å². The summed E-state index contributed by atoms with van der Waals surface area (Å²) < 4.78 is 0. The molecule has 1 N–H and O–H groups in total. The molecule has 78 valence electrons. The van der Waals surface area contributed by atoms with Crippen LogP contribution >= 0.6 is 11.6 Å². The maximum atomic E-state index is 10.1. The van der Waals surface area contributed by atoms with E-state index in [9.17, 15) is 5.11 Å². The molecule has 1 aliphatic rings. The summed E-state index contributed by atoms with van der Waals surface area (Å²) in [6, 6.07) is 0. The van der Waals surface area contributed by atoms with Crippen molar-refractivity contribution in [2.24, 2.45) is 0 Å². The third-order valence-corrected chi connectivity index (χ3v) is 3.04. The van der Waals surface area contributed by atoms with Crippen molar-refractivity contribution in [3.05, 3.63) is 0 Å². The number of hydrogen-bond donors (Lipinski definition) is 1. The Balaban J connectivity index is 2.21. The number of aliphatic hydroxyl groups is 1. The summed E-state index contributed by atoms with van der Waals surface area (Å²) in [5, 5.41) is 10.1. The van der Waals surface area contributed by atoms with Gasteiger partial charge in [-0.05, 0) is 32.9 Å². The molecule has 0 aliphatic heterocycles. The van der Waals surface area contributed by atoms with Crippen LogP contribution in [0.25, 0.3) is 0 Å². The van der Waals surface area contributed by atoms with E-state index in [-0.39, 0.29) is 0 Å². The summed E-state index contributed by atoms with van der Waals surface area (Å²) in [7, 11) is 2.06. The summed E-state index contributed by atoms with van der Waals surface area (Å²) in [4.78, 5) is 2.19. The van der Waals surface area contributed by atoms with Gasteiger partial charge in [0.05, 0.1) is 5.60 Å². The van der Waals surface area contributed by atoms with Gasteiger partial charge in [-0.2, -0.15) is 0 Å². The minimum absolute atomic E-state index is 0.402. The molecule has 13 heavy (non-hydrogen) atoms. The SMILES string of the molecule is CN(CCCCl)CC1(O)CCCC1. The fraction of sp³-hybridized carbons (Fsp3) is 1.00. The van der Waals surface area contributed by atoms with Crippen LogP contribution in [0.1, 0.15) is 32.1 Å². The molecule has 0 radical (unpaired) electrons. The lowest BCUT2D eigenvalue weighted by atomic mass is 10.0. The predicted molar refractivity (Wildman–Crippen MR) is 56.3 cm³/mol. The first kappa shape index (κ1) is 11.3. The van der Waals surface area contributed by atoms with Crippen LogP contribution in [0.15, 0.2) is 0 Å². The highest BCUT2D eigenvalue weighted by atomic mass is 35.5. The van der Waals surface area contributed by atoms with Gasteiger partial charge in [0.2, 0.25) is 0 Å². The number of halogens is 1. The van der Waals surface area contributed by atoms with Crippen molar-refractivity contribution in [3.8, 4) is 0 Å². The Hall–Kier alpha value is 0.210. The van der Waals surface area contributed by atoms with E-state index in [0.29, 0.717) is 5.88 Å². The summed E-state index contributed by atoms with van der Waals surface area (Å²) in [5.74, 6) is 0.711. The maximum absolute atomic E-state index is 10.1. The van der Waals surface area contributed by atoms with Gasteiger partial charge in [-0.25, -0.2) is 0 Å². The molecule has 1 fully saturated rings. The Morgan fingerprint density at radius 3 is 2.54 bits per heavy atom. The summed E-state index contributed by atoms with van der Waals surface area (Å²) in [6.07, 6.45) is 5.31. The van der Waals surface area contributed by atoms with E-state index in [0.717, 1.165) is 32.4 Å². The largest absolute Gasteiger partial charge is 0.389 e. The van der Waals surface area contributed by atoms with Crippen molar-refractivity contribution in [2.75, 3.05) is 26.0 Å². The summed E-state index contributed by atoms with van der Waals surface area (Å²) in [5.41, 5.74) is -0.402. The quantitative estimate of drug-likeness (QED) is 0.693. The van der Waals surface area contributed by atoms with Crippen molar-refractivity contribution < 1.29 is 5.11 Å². The number of rotatable bonds is 5. The van der Waals surface area contributed by atoms with E-state index in [2.05, 4.69) is 11.9 Å². The zero-order valence-corrected chi connectivity index (χ0v) is 9.19. The van der Waals surface area contributed by atoms with Gasteiger partial charge >= 0.3 is 0 Å². The molecular formula is C10H20ClNO. The van der Waals surface area contributed by atoms with Gasteiger partial charge in [-0.3, -0.25) is 0 Å². The van der Waals surface area contributed by atoms with E-state index < -0.39 is 5.60 Å². The monoisotopic (exact) mass is 205 g/mol. The first-order valence-electron chi connectivity index (χ1n) is 5.13. The standard InChI is InChI=1S/C10H20ClNO/c1-12(8-4-7-11)9-10(13)5-2-3-6-10/h13H,2-9H2,1H3. The molecule has 0 aromatic rings. The average Bonchev–Trinajstić information content (AvgIpc) is 2.48. The molecule has 0 atom stereocenters. The molecular weight excluding hydrogens is 186 g/mol. The van der Waals surface area contributed by atoms with E-state index in [4.69, 9.17) is 11.6 Å². The van der Waals surface area contributed by atoms with Crippen LogP contribution in [0.3, 0.4) is 0 Å². The van der Waals surface area contributed by atoms with E-state index >= 15 is 0 Å². The summed E-state index contributed by atoms with van der Waals surface area (Å²) in [6.45, 7) is 1.80. The fourth-order valence-corrected chi connectivity index (χ4v) is 2.22. The molecule has 0 aromatic carbocycles. The first-order chi connectivity index (χ1) is 6.16. The highest BCUT2D eigenvalue weighted by Gasteiger charge is 2.31. The van der Waals surface area contributed by atoms with Crippen molar-refractivity contribution >= 4 is 11.6 Å². The molecule has 3 heteroatoms. The molecule has 0 amide bonds. The number of hydrogen-bond acceptors (Lipinski definition) is 2. The van der Waals surface area contributed by atoms with E-state index in [1.54, 1.807) is 0 Å². The van der Waals surface area contributed by atoms with Crippen LogP contribution in [0.4, 0.5) is 0 Å². The van der Waals surface area contributed by atoms with Gasteiger partial charge in [0.15, 0.2) is 0 Å². The fourth-order valence-electron chi connectivity index (χ4n) is 2.10. The third-order valence-electron chi connectivity index (χ3n) is 2.77. The number of alkyl halides is 1. The van der Waals surface area contributed by atoms with Gasteiger partial charge in [0, 0.05) is 12.4 Å². The molecule has 0 spiro atoms. The zero-order valence-electron chi connectivity index (χ0n) is 8.43. The van der Waals surface area contributed by atoms with Crippen LogP contribution < -0.4 is 0 Å². The highest BCUT2D eigenvalue weighted by Crippen LogP contribution is 2.29. The first-order valence-corrected chi connectivity index (χ1v) is 5.67.